The van der Waals surface area contributed by atoms with Gasteiger partial charge in [0.15, 0.2) is 12.6 Å². The van der Waals surface area contributed by atoms with Crippen LogP contribution in [0.4, 0.5) is 0 Å². The largest absolute Gasteiger partial charge is 0.390 e. The Kier molecular flexibility index (Phi) is 4.07. The molecule has 0 amide bonds. The summed E-state index contributed by atoms with van der Waals surface area (Å²) in [5, 5.41) is 23.3. The van der Waals surface area contributed by atoms with E-state index >= 15 is 0 Å². The highest BCUT2D eigenvalue weighted by atomic mass is 16.7. The molecule has 0 aromatic heterocycles. The molecule has 8 heteroatoms. The number of fused-ring (bicyclic) bond motifs is 1. The second-order valence-corrected chi connectivity index (χ2v) is 4.93. The summed E-state index contributed by atoms with van der Waals surface area (Å²) in [6, 6.07) is 8.18. The highest BCUT2D eigenvalue weighted by Crippen LogP contribution is 2.34. The highest BCUT2D eigenvalue weighted by Gasteiger charge is 2.48. The number of hydrogen-bond donors (Lipinski definition) is 2. The van der Waals surface area contributed by atoms with Crippen LogP contribution in [0.15, 0.2) is 35.4 Å². The lowest BCUT2D eigenvalue weighted by Gasteiger charge is -2.45. The van der Waals surface area contributed by atoms with Gasteiger partial charge in [-0.25, -0.2) is 0 Å². The summed E-state index contributed by atoms with van der Waals surface area (Å²) in [5.41, 5.74) is 9.31. The van der Waals surface area contributed by atoms with E-state index < -0.39 is 36.9 Å². The predicted molar refractivity (Wildman–Crippen MR) is 69.8 cm³/mol. The van der Waals surface area contributed by atoms with Crippen molar-refractivity contribution in [2.45, 2.75) is 36.9 Å². The summed E-state index contributed by atoms with van der Waals surface area (Å²) in [6.45, 7) is 0.168. The first-order valence-corrected chi connectivity index (χ1v) is 6.58. The zero-order valence-corrected chi connectivity index (χ0v) is 11.0. The number of hydrogen-bond acceptors (Lipinski definition) is 6. The molecule has 0 radical (unpaired) electrons. The summed E-state index contributed by atoms with van der Waals surface area (Å²) in [7, 11) is 0. The Morgan fingerprint density at radius 2 is 1.95 bits per heavy atom. The van der Waals surface area contributed by atoms with Crippen LogP contribution in [0.5, 0.6) is 0 Å². The van der Waals surface area contributed by atoms with Gasteiger partial charge in [0.2, 0.25) is 0 Å². The minimum absolute atomic E-state index is 0.168. The van der Waals surface area contributed by atoms with E-state index in [1.807, 2.05) is 30.3 Å². The van der Waals surface area contributed by atoms with E-state index in [9.17, 15) is 10.2 Å². The van der Waals surface area contributed by atoms with Crippen LogP contribution in [0.3, 0.4) is 0 Å². The Bertz CT molecular complexity index is 536. The summed E-state index contributed by atoms with van der Waals surface area (Å²) in [6.07, 6.45) is -4.52. The maximum Gasteiger partial charge on any atom is 0.184 e. The van der Waals surface area contributed by atoms with Crippen LogP contribution in [-0.2, 0) is 14.2 Å². The summed E-state index contributed by atoms with van der Waals surface area (Å²) >= 11 is 0. The lowest BCUT2D eigenvalue weighted by Crippen LogP contribution is -2.61. The first kappa shape index (κ1) is 14.3. The van der Waals surface area contributed by atoms with Crippen LogP contribution in [0.1, 0.15) is 11.9 Å². The molecule has 2 aliphatic heterocycles. The first-order valence-electron chi connectivity index (χ1n) is 6.58. The third kappa shape index (κ3) is 2.73. The molecule has 0 spiro atoms. The molecule has 6 atom stereocenters. The molecule has 21 heavy (non-hydrogen) atoms. The number of rotatable bonds is 2. The van der Waals surface area contributed by atoms with Crippen LogP contribution in [0, 0.1) is 0 Å². The number of aliphatic hydroxyl groups is 2. The van der Waals surface area contributed by atoms with Gasteiger partial charge in [0, 0.05) is 10.5 Å². The Balaban J connectivity index is 1.78. The van der Waals surface area contributed by atoms with Crippen molar-refractivity contribution in [1.82, 2.24) is 0 Å². The summed E-state index contributed by atoms with van der Waals surface area (Å²) in [4.78, 5) is 2.61. The second-order valence-electron chi connectivity index (χ2n) is 4.93. The van der Waals surface area contributed by atoms with E-state index in [0.717, 1.165) is 5.56 Å². The third-order valence-electron chi connectivity index (χ3n) is 3.61. The van der Waals surface area contributed by atoms with Gasteiger partial charge >= 0.3 is 0 Å². The highest BCUT2D eigenvalue weighted by molar-refractivity contribution is 5.16. The van der Waals surface area contributed by atoms with E-state index in [1.54, 1.807) is 0 Å². The molecule has 2 N–H and O–H groups in total. The molecule has 0 saturated carbocycles. The Morgan fingerprint density at radius 1 is 1.19 bits per heavy atom. The van der Waals surface area contributed by atoms with Gasteiger partial charge in [0.05, 0.1) is 12.7 Å². The van der Waals surface area contributed by atoms with Gasteiger partial charge in [-0.05, 0) is 5.53 Å². The van der Waals surface area contributed by atoms with Crippen molar-refractivity contribution >= 4 is 0 Å². The number of aliphatic hydroxyl groups excluding tert-OH is 2. The molecule has 1 aromatic carbocycles. The van der Waals surface area contributed by atoms with E-state index in [-0.39, 0.29) is 6.61 Å². The van der Waals surface area contributed by atoms with E-state index in [1.165, 1.54) is 0 Å². The summed E-state index contributed by atoms with van der Waals surface area (Å²) < 4.78 is 16.6. The zero-order chi connectivity index (χ0) is 14.8. The van der Waals surface area contributed by atoms with Crippen molar-refractivity contribution in [1.29, 1.82) is 0 Å². The average Bonchev–Trinajstić information content (AvgIpc) is 2.52. The van der Waals surface area contributed by atoms with Gasteiger partial charge in [-0.1, -0.05) is 35.4 Å². The molecular weight excluding hydrogens is 278 g/mol. The predicted octanol–water partition coefficient (Wildman–Crippen LogP) is 0.858. The SMILES string of the molecule is [N-]=[N+]=N[C@H]1C(O)O[C@@H]2COC(c3ccccc3)O[C@H]2[C@@H]1O. The Morgan fingerprint density at radius 3 is 2.67 bits per heavy atom. The van der Waals surface area contributed by atoms with Crippen LogP contribution in [-0.4, -0.2) is 47.5 Å². The van der Waals surface area contributed by atoms with Gasteiger partial charge in [-0.2, -0.15) is 0 Å². The maximum absolute atomic E-state index is 10.2. The molecular formula is C13H15N3O5. The van der Waals surface area contributed by atoms with Crippen molar-refractivity contribution in [3.8, 4) is 0 Å². The number of benzene rings is 1. The second kappa shape index (κ2) is 5.98. The third-order valence-corrected chi connectivity index (χ3v) is 3.61. The monoisotopic (exact) mass is 293 g/mol. The fourth-order valence-corrected chi connectivity index (χ4v) is 2.56. The van der Waals surface area contributed by atoms with Crippen molar-refractivity contribution < 1.29 is 24.4 Å². The van der Waals surface area contributed by atoms with Crippen LogP contribution in [0.2, 0.25) is 0 Å². The van der Waals surface area contributed by atoms with Crippen LogP contribution < -0.4 is 0 Å². The fraction of sp³-hybridized carbons (Fsp3) is 0.538. The van der Waals surface area contributed by atoms with Crippen molar-refractivity contribution in [3.05, 3.63) is 46.3 Å². The van der Waals surface area contributed by atoms with Crippen molar-refractivity contribution in [2.75, 3.05) is 6.61 Å². The number of ether oxygens (including phenoxy) is 3. The standard InChI is InChI=1S/C13H15N3O5/c14-16-15-9-10(17)11-8(20-12(9)18)6-19-13(21-11)7-4-2-1-3-5-7/h1-5,8-13,17-18H,6H2/t8-,9-,10-,11-,12?,13?/m1/s1. The van der Waals surface area contributed by atoms with Gasteiger partial charge in [0.1, 0.15) is 18.2 Å². The lowest BCUT2D eigenvalue weighted by atomic mass is 9.96. The minimum Gasteiger partial charge on any atom is -0.390 e. The zero-order valence-electron chi connectivity index (χ0n) is 11.0. The van der Waals surface area contributed by atoms with Crippen molar-refractivity contribution in [3.63, 3.8) is 0 Å². The molecule has 2 fully saturated rings. The van der Waals surface area contributed by atoms with Gasteiger partial charge in [0.25, 0.3) is 0 Å². The topological polar surface area (TPSA) is 117 Å². The van der Waals surface area contributed by atoms with Crippen molar-refractivity contribution in [2.24, 2.45) is 5.11 Å². The first-order chi connectivity index (χ1) is 10.2. The molecule has 2 unspecified atom stereocenters. The van der Waals surface area contributed by atoms with Gasteiger partial charge in [-0.3, -0.25) is 0 Å². The van der Waals surface area contributed by atoms with Crippen LogP contribution >= 0.6 is 0 Å². The summed E-state index contributed by atoms with van der Waals surface area (Å²) in [5.74, 6) is 0. The average molecular weight is 293 g/mol. The normalized spacial score (nSPS) is 39.1. The van der Waals surface area contributed by atoms with E-state index in [0.29, 0.717) is 0 Å². The van der Waals surface area contributed by atoms with Gasteiger partial charge < -0.3 is 24.4 Å². The molecule has 0 bridgehead atoms. The Hall–Kier alpha value is -1.67. The maximum atomic E-state index is 10.2. The van der Waals surface area contributed by atoms with Gasteiger partial charge in [-0.15, -0.1) is 0 Å². The molecule has 112 valence electrons. The lowest BCUT2D eigenvalue weighted by molar-refractivity contribution is -0.335. The van der Waals surface area contributed by atoms with E-state index in [4.69, 9.17) is 19.7 Å². The Labute approximate surface area is 120 Å². The minimum atomic E-state index is -1.38. The smallest absolute Gasteiger partial charge is 0.184 e. The molecule has 2 heterocycles. The molecule has 0 aliphatic carbocycles. The fourth-order valence-electron chi connectivity index (χ4n) is 2.56. The molecule has 8 nitrogen and oxygen atoms in total. The number of nitrogens with zero attached hydrogens (tertiary/aromatic N) is 3. The molecule has 2 aliphatic rings. The number of azide groups is 1. The van der Waals surface area contributed by atoms with E-state index in [2.05, 4.69) is 10.0 Å². The molecule has 3 rings (SSSR count). The van der Waals surface area contributed by atoms with Crippen LogP contribution in [0.25, 0.3) is 10.4 Å². The molecule has 1 aromatic rings. The molecule has 2 saturated heterocycles. The quantitative estimate of drug-likeness (QED) is 0.476.